The third-order valence-electron chi connectivity index (χ3n) is 3.96. The fourth-order valence-electron chi connectivity index (χ4n) is 2.64. The Kier molecular flexibility index (Phi) is 9.30. The van der Waals surface area contributed by atoms with Crippen molar-refractivity contribution < 1.29 is 14.7 Å². The Bertz CT molecular complexity index is 559. The van der Waals surface area contributed by atoms with Crippen molar-refractivity contribution in [3.05, 3.63) is 30.3 Å². The van der Waals surface area contributed by atoms with Gasteiger partial charge >= 0.3 is 0 Å². The van der Waals surface area contributed by atoms with Gasteiger partial charge in [0.15, 0.2) is 0 Å². The van der Waals surface area contributed by atoms with Crippen LogP contribution in [0.15, 0.2) is 30.3 Å². The highest BCUT2D eigenvalue weighted by molar-refractivity contribution is 5.97. The smallest absolute Gasteiger partial charge is 0.246 e. The van der Waals surface area contributed by atoms with E-state index in [1.165, 1.54) is 0 Å². The first kappa shape index (κ1) is 22.1. The largest absolute Gasteiger partial charge is 0.392 e. The molecule has 6 heteroatoms. The van der Waals surface area contributed by atoms with Crippen LogP contribution >= 0.6 is 0 Å². The molecule has 0 aliphatic heterocycles. The van der Waals surface area contributed by atoms with E-state index in [0.29, 0.717) is 18.7 Å². The summed E-state index contributed by atoms with van der Waals surface area (Å²) < 4.78 is 0. The highest BCUT2D eigenvalue weighted by Gasteiger charge is 2.28. The molecule has 1 aromatic rings. The molecule has 0 aliphatic carbocycles. The van der Waals surface area contributed by atoms with Crippen LogP contribution in [-0.4, -0.2) is 41.7 Å². The number of aliphatic hydroxyl groups is 1. The van der Waals surface area contributed by atoms with Crippen molar-refractivity contribution in [2.75, 3.05) is 11.9 Å². The second kappa shape index (κ2) is 10.9. The number of amides is 2. The lowest BCUT2D eigenvalue weighted by Gasteiger charge is -2.26. The van der Waals surface area contributed by atoms with Gasteiger partial charge in [0, 0.05) is 12.2 Å². The summed E-state index contributed by atoms with van der Waals surface area (Å²) in [6, 6.07) is 8.12. The van der Waals surface area contributed by atoms with Crippen molar-refractivity contribution in [3.63, 3.8) is 0 Å². The first-order valence-electron chi connectivity index (χ1n) is 9.28. The number of rotatable bonds is 10. The average Bonchev–Trinajstić information content (AvgIpc) is 2.54. The Morgan fingerprint density at radius 1 is 1.00 bits per heavy atom. The van der Waals surface area contributed by atoms with E-state index in [0.717, 1.165) is 0 Å². The molecule has 0 saturated heterocycles. The van der Waals surface area contributed by atoms with Crippen LogP contribution in [0.2, 0.25) is 0 Å². The van der Waals surface area contributed by atoms with Gasteiger partial charge in [0.05, 0.1) is 12.1 Å². The number of hydrogen-bond acceptors (Lipinski definition) is 4. The maximum absolute atomic E-state index is 12.7. The Morgan fingerprint density at radius 2 is 1.62 bits per heavy atom. The molecule has 0 bridgehead atoms. The minimum absolute atomic E-state index is 0.0330. The SMILES string of the molecule is CC(C)C[C@H](NC(=O)[C@@H](NC[C@H](C)O)C(C)C)C(=O)Nc1ccccc1. The summed E-state index contributed by atoms with van der Waals surface area (Å²) in [7, 11) is 0. The van der Waals surface area contributed by atoms with Crippen molar-refractivity contribution in [1.29, 1.82) is 0 Å². The van der Waals surface area contributed by atoms with Gasteiger partial charge in [0.1, 0.15) is 6.04 Å². The van der Waals surface area contributed by atoms with Gasteiger partial charge in [-0.3, -0.25) is 9.59 Å². The van der Waals surface area contributed by atoms with Crippen molar-refractivity contribution >= 4 is 17.5 Å². The molecular weight excluding hydrogens is 330 g/mol. The first-order valence-corrected chi connectivity index (χ1v) is 9.28. The van der Waals surface area contributed by atoms with Gasteiger partial charge in [-0.2, -0.15) is 0 Å². The predicted molar refractivity (Wildman–Crippen MR) is 105 cm³/mol. The number of benzene rings is 1. The summed E-state index contributed by atoms with van der Waals surface area (Å²) in [4.78, 5) is 25.4. The van der Waals surface area contributed by atoms with E-state index in [1.54, 1.807) is 6.92 Å². The zero-order valence-corrected chi connectivity index (χ0v) is 16.5. The summed E-state index contributed by atoms with van der Waals surface area (Å²) in [6.07, 6.45) is 0.00270. The summed E-state index contributed by atoms with van der Waals surface area (Å²) in [5, 5.41) is 18.3. The molecule has 0 unspecified atom stereocenters. The van der Waals surface area contributed by atoms with Crippen LogP contribution < -0.4 is 16.0 Å². The van der Waals surface area contributed by atoms with Crippen LogP contribution in [0.3, 0.4) is 0 Å². The number of carbonyl (C=O) groups excluding carboxylic acids is 2. The number of hydrogen-bond donors (Lipinski definition) is 4. The van der Waals surface area contributed by atoms with Gasteiger partial charge in [0.2, 0.25) is 11.8 Å². The molecule has 146 valence electrons. The molecule has 0 aliphatic rings. The van der Waals surface area contributed by atoms with Crippen LogP contribution in [0.1, 0.15) is 41.0 Å². The van der Waals surface area contributed by atoms with E-state index < -0.39 is 18.2 Å². The van der Waals surface area contributed by atoms with Crippen LogP contribution in [0.25, 0.3) is 0 Å². The Morgan fingerprint density at radius 3 is 2.12 bits per heavy atom. The van der Waals surface area contributed by atoms with Gasteiger partial charge in [-0.25, -0.2) is 0 Å². The second-order valence-corrected chi connectivity index (χ2v) is 7.52. The molecule has 0 heterocycles. The third-order valence-corrected chi connectivity index (χ3v) is 3.96. The number of anilines is 1. The normalized spacial score (nSPS) is 14.8. The molecule has 4 N–H and O–H groups in total. The van der Waals surface area contributed by atoms with E-state index >= 15 is 0 Å². The lowest BCUT2D eigenvalue weighted by Crippen LogP contribution is -2.54. The quantitative estimate of drug-likeness (QED) is 0.513. The van der Waals surface area contributed by atoms with Crippen molar-refractivity contribution in [2.45, 2.75) is 59.2 Å². The molecule has 2 amide bonds. The fourth-order valence-corrected chi connectivity index (χ4v) is 2.64. The minimum Gasteiger partial charge on any atom is -0.392 e. The molecule has 0 spiro atoms. The maximum Gasteiger partial charge on any atom is 0.246 e. The van der Waals surface area contributed by atoms with E-state index in [4.69, 9.17) is 0 Å². The van der Waals surface area contributed by atoms with Crippen LogP contribution in [0, 0.1) is 11.8 Å². The zero-order chi connectivity index (χ0) is 19.7. The second-order valence-electron chi connectivity index (χ2n) is 7.52. The maximum atomic E-state index is 12.7. The Labute approximate surface area is 156 Å². The van der Waals surface area contributed by atoms with E-state index in [1.807, 2.05) is 58.0 Å². The Hall–Kier alpha value is -1.92. The topological polar surface area (TPSA) is 90.5 Å². The molecule has 0 aromatic heterocycles. The highest BCUT2D eigenvalue weighted by Crippen LogP contribution is 2.11. The minimum atomic E-state index is -0.614. The van der Waals surface area contributed by atoms with Gasteiger partial charge < -0.3 is 21.1 Å². The van der Waals surface area contributed by atoms with Gasteiger partial charge in [-0.05, 0) is 37.3 Å². The highest BCUT2D eigenvalue weighted by atomic mass is 16.3. The number of para-hydroxylation sites is 1. The van der Waals surface area contributed by atoms with Crippen LogP contribution in [0.5, 0.6) is 0 Å². The fraction of sp³-hybridized carbons (Fsp3) is 0.600. The summed E-state index contributed by atoms with van der Waals surface area (Å²) in [5.74, 6) is -0.166. The first-order chi connectivity index (χ1) is 12.2. The molecule has 1 aromatic carbocycles. The van der Waals surface area contributed by atoms with Crippen molar-refractivity contribution in [2.24, 2.45) is 11.8 Å². The van der Waals surface area contributed by atoms with Crippen LogP contribution in [0.4, 0.5) is 5.69 Å². The number of carbonyl (C=O) groups is 2. The summed E-state index contributed by atoms with van der Waals surface area (Å²) >= 11 is 0. The monoisotopic (exact) mass is 363 g/mol. The summed E-state index contributed by atoms with van der Waals surface area (Å²) in [6.45, 7) is 9.88. The van der Waals surface area contributed by atoms with Crippen molar-refractivity contribution in [1.82, 2.24) is 10.6 Å². The average molecular weight is 364 g/mol. The van der Waals surface area contributed by atoms with Gasteiger partial charge in [-0.15, -0.1) is 0 Å². The standard InChI is InChI=1S/C20H33N3O3/c1-13(2)11-17(19(25)22-16-9-7-6-8-10-16)23-20(26)18(14(3)4)21-12-15(5)24/h6-10,13-15,17-18,21,24H,11-12H2,1-5H3,(H,22,25)(H,23,26)/t15-,17-,18-/m0/s1. The lowest BCUT2D eigenvalue weighted by atomic mass is 9.99. The van der Waals surface area contributed by atoms with E-state index in [-0.39, 0.29) is 23.7 Å². The van der Waals surface area contributed by atoms with Gasteiger partial charge in [-0.1, -0.05) is 45.9 Å². The molecule has 3 atom stereocenters. The molecular formula is C20H33N3O3. The molecule has 0 radical (unpaired) electrons. The lowest BCUT2D eigenvalue weighted by molar-refractivity contribution is -0.129. The van der Waals surface area contributed by atoms with E-state index in [2.05, 4.69) is 16.0 Å². The number of aliphatic hydroxyl groups excluding tert-OH is 1. The number of nitrogens with one attached hydrogen (secondary N) is 3. The van der Waals surface area contributed by atoms with Gasteiger partial charge in [0.25, 0.3) is 0 Å². The summed E-state index contributed by atoms with van der Waals surface area (Å²) in [5.41, 5.74) is 0.702. The van der Waals surface area contributed by atoms with Crippen LogP contribution in [-0.2, 0) is 9.59 Å². The molecule has 26 heavy (non-hydrogen) atoms. The molecule has 0 saturated carbocycles. The Balaban J connectivity index is 2.80. The predicted octanol–water partition coefficient (Wildman–Crippen LogP) is 2.15. The van der Waals surface area contributed by atoms with Crippen molar-refractivity contribution in [3.8, 4) is 0 Å². The zero-order valence-electron chi connectivity index (χ0n) is 16.5. The third kappa shape index (κ3) is 7.97. The van der Waals surface area contributed by atoms with E-state index in [9.17, 15) is 14.7 Å². The molecule has 0 fully saturated rings. The molecule has 6 nitrogen and oxygen atoms in total. The molecule has 1 rings (SSSR count).